The maximum absolute atomic E-state index is 12.3. The molecule has 2 rings (SSSR count). The van der Waals surface area contributed by atoms with Gasteiger partial charge in [0.05, 0.1) is 31.9 Å². The van der Waals surface area contributed by atoms with Crippen molar-refractivity contribution < 1.29 is 22.7 Å². The molecule has 0 atom stereocenters. The highest BCUT2D eigenvalue weighted by atomic mass is 32.2. The van der Waals surface area contributed by atoms with Gasteiger partial charge < -0.3 is 14.8 Å². The molecule has 0 aliphatic rings. The number of sulfonamides is 1. The summed E-state index contributed by atoms with van der Waals surface area (Å²) < 4.78 is 36.3. The molecule has 0 aliphatic heterocycles. The lowest BCUT2D eigenvalue weighted by Crippen LogP contribution is -2.31. The summed E-state index contributed by atoms with van der Waals surface area (Å²) in [6, 6.07) is 10.8. The number of ether oxygens (including phenoxy) is 2. The summed E-state index contributed by atoms with van der Waals surface area (Å²) in [4.78, 5) is 12.3. The lowest BCUT2D eigenvalue weighted by atomic mass is 10.1. The highest BCUT2D eigenvalue weighted by Gasteiger charge is 2.18. The molecular formula is C21H28N2O5S. The van der Waals surface area contributed by atoms with E-state index < -0.39 is 10.0 Å². The fourth-order valence-electron chi connectivity index (χ4n) is 3.08. The number of hydrogen-bond donors (Lipinski definition) is 1. The van der Waals surface area contributed by atoms with Crippen LogP contribution in [0, 0.1) is 13.8 Å². The maximum atomic E-state index is 12.3. The third kappa shape index (κ3) is 6.39. The molecule has 0 unspecified atom stereocenters. The Labute approximate surface area is 172 Å². The minimum absolute atomic E-state index is 0.173. The topological polar surface area (TPSA) is 84.9 Å². The van der Waals surface area contributed by atoms with Crippen LogP contribution in [0.15, 0.2) is 36.4 Å². The van der Waals surface area contributed by atoms with Crippen molar-refractivity contribution in [1.82, 2.24) is 0 Å². The Morgan fingerprint density at radius 1 is 1.03 bits per heavy atom. The highest BCUT2D eigenvalue weighted by Crippen LogP contribution is 2.29. The van der Waals surface area contributed by atoms with Gasteiger partial charge in [0.2, 0.25) is 15.9 Å². The Bertz CT molecular complexity index is 953. The van der Waals surface area contributed by atoms with Crippen LogP contribution in [0.1, 0.15) is 24.0 Å². The minimum Gasteiger partial charge on any atom is -0.497 e. The summed E-state index contributed by atoms with van der Waals surface area (Å²) in [7, 11) is -0.395. The average molecular weight is 421 g/mol. The second-order valence-electron chi connectivity index (χ2n) is 6.90. The van der Waals surface area contributed by atoms with E-state index in [-0.39, 0.29) is 18.9 Å². The first-order valence-corrected chi connectivity index (χ1v) is 11.1. The van der Waals surface area contributed by atoms with Crippen LogP contribution in [0.3, 0.4) is 0 Å². The predicted octanol–water partition coefficient (Wildman–Crippen LogP) is 3.51. The molecule has 0 fully saturated rings. The maximum Gasteiger partial charge on any atom is 0.232 e. The average Bonchev–Trinajstić information content (AvgIpc) is 2.63. The monoisotopic (exact) mass is 420 g/mol. The second-order valence-corrected chi connectivity index (χ2v) is 8.81. The number of nitrogens with zero attached hydrogens (tertiary/aromatic N) is 1. The smallest absolute Gasteiger partial charge is 0.232 e. The molecule has 0 bridgehead atoms. The van der Waals surface area contributed by atoms with Gasteiger partial charge >= 0.3 is 0 Å². The molecule has 158 valence electrons. The molecule has 7 nitrogen and oxygen atoms in total. The molecule has 0 saturated carbocycles. The molecule has 29 heavy (non-hydrogen) atoms. The number of methoxy groups -OCH3 is 2. The first-order valence-electron chi connectivity index (χ1n) is 9.22. The molecule has 1 amide bonds. The minimum atomic E-state index is -3.46. The Kier molecular flexibility index (Phi) is 7.50. The molecule has 2 aromatic carbocycles. The number of carbonyl (C=O) groups excluding carboxylic acids is 1. The number of nitrogens with one attached hydrogen (secondary N) is 1. The van der Waals surface area contributed by atoms with Crippen LogP contribution in [0.2, 0.25) is 0 Å². The molecule has 0 saturated heterocycles. The SMILES string of the molecule is COc1ccc(NC(=O)CCCN(c2cc(C)cc(C)c2)S(C)(=O)=O)c(OC)c1. The summed E-state index contributed by atoms with van der Waals surface area (Å²) in [5.41, 5.74) is 3.12. The van der Waals surface area contributed by atoms with E-state index in [9.17, 15) is 13.2 Å². The zero-order valence-electron chi connectivity index (χ0n) is 17.5. The first kappa shape index (κ1) is 22.5. The number of amides is 1. The van der Waals surface area contributed by atoms with Gasteiger partial charge in [0.1, 0.15) is 11.5 Å². The molecule has 0 spiro atoms. The van der Waals surface area contributed by atoms with E-state index in [2.05, 4.69) is 5.32 Å². The van der Waals surface area contributed by atoms with Crippen LogP contribution >= 0.6 is 0 Å². The van der Waals surface area contributed by atoms with E-state index in [1.54, 1.807) is 25.3 Å². The van der Waals surface area contributed by atoms with Crippen molar-refractivity contribution in [2.24, 2.45) is 0 Å². The quantitative estimate of drug-likeness (QED) is 0.671. The van der Waals surface area contributed by atoms with E-state index in [1.807, 2.05) is 32.0 Å². The summed E-state index contributed by atoms with van der Waals surface area (Å²) >= 11 is 0. The number of carbonyl (C=O) groups is 1. The standard InChI is InChI=1S/C21H28N2O5S/c1-15-11-16(2)13-17(12-15)23(29(5,25)26)10-6-7-21(24)22-19-9-8-18(27-3)14-20(19)28-4/h8-9,11-14H,6-7,10H2,1-5H3,(H,22,24). The summed E-state index contributed by atoms with van der Waals surface area (Å²) in [6.07, 6.45) is 1.73. The zero-order chi connectivity index (χ0) is 21.6. The van der Waals surface area contributed by atoms with E-state index in [0.29, 0.717) is 29.3 Å². The van der Waals surface area contributed by atoms with Gasteiger partial charge in [-0.1, -0.05) is 6.07 Å². The van der Waals surface area contributed by atoms with Gasteiger partial charge in [0.25, 0.3) is 0 Å². The molecule has 2 aromatic rings. The molecule has 0 heterocycles. The number of anilines is 2. The number of rotatable bonds is 9. The second kappa shape index (κ2) is 9.65. The van der Waals surface area contributed by atoms with Gasteiger partial charge in [-0.2, -0.15) is 0 Å². The Balaban J connectivity index is 2.03. The van der Waals surface area contributed by atoms with Crippen molar-refractivity contribution in [3.8, 4) is 11.5 Å². The van der Waals surface area contributed by atoms with Crippen molar-refractivity contribution in [3.63, 3.8) is 0 Å². The molecular weight excluding hydrogens is 392 g/mol. The van der Waals surface area contributed by atoms with Gasteiger partial charge in [-0.25, -0.2) is 8.42 Å². The Morgan fingerprint density at radius 2 is 1.69 bits per heavy atom. The van der Waals surface area contributed by atoms with Crippen molar-refractivity contribution in [1.29, 1.82) is 0 Å². The number of hydrogen-bond acceptors (Lipinski definition) is 5. The van der Waals surface area contributed by atoms with Gasteiger partial charge in [0, 0.05) is 19.0 Å². The van der Waals surface area contributed by atoms with Crippen LogP contribution in [0.5, 0.6) is 11.5 Å². The van der Waals surface area contributed by atoms with Crippen molar-refractivity contribution in [3.05, 3.63) is 47.5 Å². The third-order valence-corrected chi connectivity index (χ3v) is 5.54. The molecule has 0 aliphatic carbocycles. The largest absolute Gasteiger partial charge is 0.497 e. The number of aryl methyl sites for hydroxylation is 2. The fraction of sp³-hybridized carbons (Fsp3) is 0.381. The molecule has 8 heteroatoms. The predicted molar refractivity (Wildman–Crippen MR) is 116 cm³/mol. The Hall–Kier alpha value is -2.74. The summed E-state index contributed by atoms with van der Waals surface area (Å²) in [5.74, 6) is 0.894. The van der Waals surface area contributed by atoms with Crippen LogP contribution in [0.4, 0.5) is 11.4 Å². The van der Waals surface area contributed by atoms with Gasteiger partial charge in [-0.15, -0.1) is 0 Å². The molecule has 0 radical (unpaired) electrons. The van der Waals surface area contributed by atoms with E-state index in [4.69, 9.17) is 9.47 Å². The number of benzene rings is 2. The van der Waals surface area contributed by atoms with Crippen LogP contribution in [0.25, 0.3) is 0 Å². The van der Waals surface area contributed by atoms with E-state index in [1.165, 1.54) is 17.7 Å². The van der Waals surface area contributed by atoms with Crippen molar-refractivity contribution in [2.75, 3.05) is 36.6 Å². The van der Waals surface area contributed by atoms with Crippen LogP contribution < -0.4 is 19.1 Å². The van der Waals surface area contributed by atoms with Crippen LogP contribution in [-0.4, -0.2) is 41.3 Å². The first-order chi connectivity index (χ1) is 13.6. The summed E-state index contributed by atoms with van der Waals surface area (Å²) in [5, 5.41) is 2.80. The Morgan fingerprint density at radius 3 is 2.24 bits per heavy atom. The van der Waals surface area contributed by atoms with E-state index in [0.717, 1.165) is 11.1 Å². The highest BCUT2D eigenvalue weighted by molar-refractivity contribution is 7.92. The molecule has 0 aromatic heterocycles. The van der Waals surface area contributed by atoms with Gasteiger partial charge in [0.15, 0.2) is 0 Å². The van der Waals surface area contributed by atoms with E-state index >= 15 is 0 Å². The van der Waals surface area contributed by atoms with Crippen molar-refractivity contribution >= 4 is 27.3 Å². The van der Waals surface area contributed by atoms with Crippen LogP contribution in [-0.2, 0) is 14.8 Å². The zero-order valence-corrected chi connectivity index (χ0v) is 18.3. The lowest BCUT2D eigenvalue weighted by molar-refractivity contribution is -0.116. The van der Waals surface area contributed by atoms with Gasteiger partial charge in [-0.05, 0) is 55.7 Å². The summed E-state index contributed by atoms with van der Waals surface area (Å²) in [6.45, 7) is 4.06. The molecule has 1 N–H and O–H groups in total. The fourth-order valence-corrected chi connectivity index (χ4v) is 4.03. The third-order valence-electron chi connectivity index (χ3n) is 4.34. The lowest BCUT2D eigenvalue weighted by Gasteiger charge is -2.23. The van der Waals surface area contributed by atoms with Crippen molar-refractivity contribution in [2.45, 2.75) is 26.7 Å². The van der Waals surface area contributed by atoms with Gasteiger partial charge in [-0.3, -0.25) is 9.10 Å². The normalized spacial score (nSPS) is 11.1.